The normalized spacial score (nSPS) is 11.8. The Morgan fingerprint density at radius 3 is 2.72 bits per heavy atom. The summed E-state index contributed by atoms with van der Waals surface area (Å²) in [5.41, 5.74) is 2.56. The fourth-order valence-electron chi connectivity index (χ4n) is 2.66. The Balaban J connectivity index is 1.47. The fraction of sp³-hybridized carbons (Fsp3) is 0.158. The average molecular weight is 409 g/mol. The van der Waals surface area contributed by atoms with Gasteiger partial charge in [0.2, 0.25) is 5.95 Å². The maximum Gasteiger partial charge on any atom is 0.227 e. The summed E-state index contributed by atoms with van der Waals surface area (Å²) >= 11 is 6.31. The van der Waals surface area contributed by atoms with Crippen LogP contribution in [-0.2, 0) is 6.54 Å². The van der Waals surface area contributed by atoms with E-state index in [0.717, 1.165) is 16.8 Å². The largest absolute Gasteiger partial charge is 0.487 e. The van der Waals surface area contributed by atoms with Crippen LogP contribution >= 0.6 is 11.6 Å². The van der Waals surface area contributed by atoms with E-state index in [1.54, 1.807) is 35.5 Å². The molecule has 0 aliphatic carbocycles. The van der Waals surface area contributed by atoms with Crippen LogP contribution in [0.3, 0.4) is 0 Å². The molecule has 0 aliphatic rings. The highest BCUT2D eigenvalue weighted by molar-refractivity contribution is 6.32. The number of halogens is 1. The van der Waals surface area contributed by atoms with Crippen molar-refractivity contribution in [3.63, 3.8) is 0 Å². The SMILES string of the molecule is CC(Cn1cnnn1)Oc1cc(-c2cnc(Nc3cccnc3)nc2)ccc1Cl. The summed E-state index contributed by atoms with van der Waals surface area (Å²) in [4.78, 5) is 12.8. The molecule has 0 aliphatic heterocycles. The van der Waals surface area contributed by atoms with E-state index in [2.05, 4.69) is 35.8 Å². The third-order valence-corrected chi connectivity index (χ3v) is 4.31. The summed E-state index contributed by atoms with van der Waals surface area (Å²) < 4.78 is 7.58. The molecule has 29 heavy (non-hydrogen) atoms. The summed E-state index contributed by atoms with van der Waals surface area (Å²) in [7, 11) is 0. The van der Waals surface area contributed by atoms with Crippen LogP contribution in [0, 0.1) is 0 Å². The Morgan fingerprint density at radius 2 is 2.00 bits per heavy atom. The Morgan fingerprint density at radius 1 is 1.14 bits per heavy atom. The Kier molecular flexibility index (Phi) is 5.57. The van der Waals surface area contributed by atoms with E-state index in [9.17, 15) is 0 Å². The number of benzene rings is 1. The molecule has 1 unspecified atom stereocenters. The number of anilines is 2. The van der Waals surface area contributed by atoms with Gasteiger partial charge >= 0.3 is 0 Å². The van der Waals surface area contributed by atoms with Crippen molar-refractivity contribution >= 4 is 23.2 Å². The summed E-state index contributed by atoms with van der Waals surface area (Å²) in [6.07, 6.45) is 8.26. The van der Waals surface area contributed by atoms with Gasteiger partial charge in [-0.15, -0.1) is 5.10 Å². The number of ether oxygens (including phenoxy) is 1. The average Bonchev–Trinajstić information content (AvgIpc) is 3.24. The number of nitrogens with one attached hydrogen (secondary N) is 1. The van der Waals surface area contributed by atoms with Gasteiger partial charge in [0.1, 0.15) is 18.2 Å². The molecule has 0 amide bonds. The molecule has 4 rings (SSSR count). The van der Waals surface area contributed by atoms with E-state index >= 15 is 0 Å². The quantitative estimate of drug-likeness (QED) is 0.496. The van der Waals surface area contributed by atoms with Crippen molar-refractivity contribution in [2.24, 2.45) is 0 Å². The first-order valence-electron chi connectivity index (χ1n) is 8.84. The highest BCUT2D eigenvalue weighted by Gasteiger charge is 2.11. The number of hydrogen-bond acceptors (Lipinski definition) is 8. The van der Waals surface area contributed by atoms with Crippen LogP contribution in [0.1, 0.15) is 6.92 Å². The molecule has 1 N–H and O–H groups in total. The number of nitrogens with zero attached hydrogens (tertiary/aromatic N) is 7. The first-order chi connectivity index (χ1) is 14.2. The number of hydrogen-bond donors (Lipinski definition) is 1. The molecular weight excluding hydrogens is 392 g/mol. The minimum absolute atomic E-state index is 0.173. The Bertz CT molecular complexity index is 1060. The lowest BCUT2D eigenvalue weighted by Gasteiger charge is -2.16. The molecule has 0 saturated carbocycles. The van der Waals surface area contributed by atoms with E-state index in [4.69, 9.17) is 16.3 Å². The maximum absolute atomic E-state index is 6.31. The van der Waals surface area contributed by atoms with E-state index in [1.807, 2.05) is 31.2 Å². The van der Waals surface area contributed by atoms with Gasteiger partial charge in [-0.3, -0.25) is 4.98 Å². The van der Waals surface area contributed by atoms with Crippen molar-refractivity contribution in [2.45, 2.75) is 19.6 Å². The standard InChI is InChI=1S/C19H17ClN8O/c1-13(11-28-12-24-26-27-28)29-18-7-14(4-5-17(18)20)15-8-22-19(23-9-15)25-16-3-2-6-21-10-16/h2-10,12-13H,11H2,1H3,(H,22,23,25). The van der Waals surface area contributed by atoms with Gasteiger partial charge in [-0.1, -0.05) is 17.7 Å². The second kappa shape index (κ2) is 8.61. The molecule has 1 aromatic carbocycles. The smallest absolute Gasteiger partial charge is 0.227 e. The van der Waals surface area contributed by atoms with Gasteiger partial charge in [-0.2, -0.15) is 0 Å². The van der Waals surface area contributed by atoms with Crippen LogP contribution in [-0.4, -0.2) is 41.3 Å². The van der Waals surface area contributed by atoms with Crippen LogP contribution in [0.2, 0.25) is 5.02 Å². The van der Waals surface area contributed by atoms with Crippen LogP contribution in [0.25, 0.3) is 11.1 Å². The third kappa shape index (κ3) is 4.82. The zero-order valence-corrected chi connectivity index (χ0v) is 16.2. The third-order valence-electron chi connectivity index (χ3n) is 4.00. The van der Waals surface area contributed by atoms with Crippen molar-refractivity contribution < 1.29 is 4.74 Å². The van der Waals surface area contributed by atoms with Gasteiger partial charge in [-0.05, 0) is 47.2 Å². The molecular formula is C19H17ClN8O. The Hall–Kier alpha value is -3.59. The van der Waals surface area contributed by atoms with Crippen LogP contribution < -0.4 is 10.1 Å². The molecule has 0 bridgehead atoms. The predicted octanol–water partition coefficient (Wildman–Crippen LogP) is 3.39. The van der Waals surface area contributed by atoms with E-state index < -0.39 is 0 Å². The summed E-state index contributed by atoms with van der Waals surface area (Å²) in [6, 6.07) is 9.28. The first kappa shape index (κ1) is 18.8. The summed E-state index contributed by atoms with van der Waals surface area (Å²) in [5.74, 6) is 1.06. The van der Waals surface area contributed by atoms with Crippen LogP contribution in [0.4, 0.5) is 11.6 Å². The van der Waals surface area contributed by atoms with Gasteiger partial charge in [-0.25, -0.2) is 14.6 Å². The van der Waals surface area contributed by atoms with Gasteiger partial charge < -0.3 is 10.1 Å². The topological polar surface area (TPSA) is 104 Å². The predicted molar refractivity (Wildman–Crippen MR) is 108 cm³/mol. The van der Waals surface area contributed by atoms with Gasteiger partial charge in [0.05, 0.1) is 23.5 Å². The lowest BCUT2D eigenvalue weighted by Crippen LogP contribution is -2.20. The summed E-state index contributed by atoms with van der Waals surface area (Å²) in [6.45, 7) is 2.43. The highest BCUT2D eigenvalue weighted by Crippen LogP contribution is 2.31. The molecule has 1 atom stereocenters. The molecule has 4 aromatic rings. The molecule has 3 aromatic heterocycles. The maximum atomic E-state index is 6.31. The molecule has 0 fully saturated rings. The number of tetrazole rings is 1. The van der Waals surface area contributed by atoms with Crippen molar-refractivity contribution in [3.8, 4) is 16.9 Å². The number of pyridine rings is 1. The fourth-order valence-corrected chi connectivity index (χ4v) is 2.82. The zero-order chi connectivity index (χ0) is 20.1. The molecule has 3 heterocycles. The molecule has 146 valence electrons. The van der Waals surface area contributed by atoms with E-state index in [-0.39, 0.29) is 6.10 Å². The zero-order valence-electron chi connectivity index (χ0n) is 15.5. The second-order valence-corrected chi connectivity index (χ2v) is 6.67. The van der Waals surface area contributed by atoms with Gasteiger partial charge in [0.25, 0.3) is 0 Å². The van der Waals surface area contributed by atoms with Crippen molar-refractivity contribution in [1.29, 1.82) is 0 Å². The monoisotopic (exact) mass is 408 g/mol. The first-order valence-corrected chi connectivity index (χ1v) is 9.21. The lowest BCUT2D eigenvalue weighted by molar-refractivity contribution is 0.193. The molecule has 0 spiro atoms. The molecule has 0 radical (unpaired) electrons. The molecule has 0 saturated heterocycles. The van der Waals surface area contributed by atoms with E-state index in [1.165, 1.54) is 6.33 Å². The summed E-state index contributed by atoms with van der Waals surface area (Å²) in [5, 5.41) is 14.7. The van der Waals surface area contributed by atoms with Gasteiger partial charge in [0, 0.05) is 24.2 Å². The second-order valence-electron chi connectivity index (χ2n) is 6.27. The van der Waals surface area contributed by atoms with Crippen LogP contribution in [0.15, 0.2) is 61.4 Å². The minimum atomic E-state index is -0.173. The Labute approximate surface area is 171 Å². The lowest BCUT2D eigenvalue weighted by atomic mass is 10.1. The van der Waals surface area contributed by atoms with Crippen molar-refractivity contribution in [2.75, 3.05) is 5.32 Å². The highest BCUT2D eigenvalue weighted by atomic mass is 35.5. The minimum Gasteiger partial charge on any atom is -0.487 e. The van der Waals surface area contributed by atoms with Gasteiger partial charge in [0.15, 0.2) is 0 Å². The number of aromatic nitrogens is 7. The number of rotatable bonds is 7. The van der Waals surface area contributed by atoms with Crippen molar-refractivity contribution in [1.82, 2.24) is 35.2 Å². The van der Waals surface area contributed by atoms with Crippen LogP contribution in [0.5, 0.6) is 5.75 Å². The molecule has 10 heteroatoms. The molecule has 9 nitrogen and oxygen atoms in total. The van der Waals surface area contributed by atoms with E-state index in [0.29, 0.717) is 23.3 Å². The van der Waals surface area contributed by atoms with Crippen molar-refractivity contribution in [3.05, 3.63) is 66.5 Å².